The second-order valence-electron chi connectivity index (χ2n) is 0.933. The molecule has 0 aliphatic heterocycles. The highest BCUT2D eigenvalue weighted by atomic mass is 27.2. The van der Waals surface area contributed by atoms with Gasteiger partial charge in [-0.25, -0.2) is 0 Å². The van der Waals surface area contributed by atoms with Crippen LogP contribution in [0.4, 0.5) is 0 Å². The summed E-state index contributed by atoms with van der Waals surface area (Å²) in [5, 5.41) is 0. The van der Waals surface area contributed by atoms with Gasteiger partial charge in [0.15, 0.2) is 0 Å². The van der Waals surface area contributed by atoms with Gasteiger partial charge in [-0.2, -0.15) is 0 Å². The van der Waals surface area contributed by atoms with Crippen molar-refractivity contribution in [2.75, 3.05) is 0 Å². The third-order valence-corrected chi connectivity index (χ3v) is 1.50. The maximum Gasteiger partial charge on any atom is 0.644 e. The third-order valence-electron chi connectivity index (χ3n) is 0.500. The lowest BCUT2D eigenvalue weighted by Gasteiger charge is -2.02. The lowest BCUT2D eigenvalue weighted by Crippen LogP contribution is -2.65. The van der Waals surface area contributed by atoms with Crippen LogP contribution in [-0.2, 0) is 0 Å². The molecule has 0 unspecified atom stereocenters. The molecular formula is H9AlN6. The van der Waals surface area contributed by atoms with Crippen molar-refractivity contribution >= 4 is 14.8 Å². The summed E-state index contributed by atoms with van der Waals surface area (Å²) in [7, 11) is 0. The highest BCUT2D eigenvalue weighted by Gasteiger charge is 2.13. The Morgan fingerprint density at radius 3 is 1.14 bits per heavy atom. The van der Waals surface area contributed by atoms with E-state index >= 15 is 0 Å². The normalized spacial score (nSPS) is 9.00. The smallest absolute Gasteiger partial charge is 0.309 e. The van der Waals surface area contributed by atoms with Gasteiger partial charge >= 0.3 is 14.8 Å². The zero-order valence-electron chi connectivity index (χ0n) is 3.81. The van der Waals surface area contributed by atoms with Gasteiger partial charge in [0, 0.05) is 0 Å². The number of rotatable bonds is 3. The molecule has 0 aliphatic carbocycles. The predicted molar refractivity (Wildman–Crippen MR) is 27.7 cm³/mol. The molecule has 9 N–H and O–H groups in total. The van der Waals surface area contributed by atoms with Crippen molar-refractivity contribution in [3.8, 4) is 0 Å². The van der Waals surface area contributed by atoms with E-state index in [2.05, 4.69) is 13.2 Å². The van der Waals surface area contributed by atoms with Crippen LogP contribution in [0, 0.1) is 0 Å². The molecule has 0 amide bonds. The van der Waals surface area contributed by atoms with E-state index in [1.165, 1.54) is 0 Å². The summed E-state index contributed by atoms with van der Waals surface area (Å²) in [4.78, 5) is 0. The largest absolute Gasteiger partial charge is 0.644 e. The third kappa shape index (κ3) is 2.93. The molecule has 0 aromatic heterocycles. The summed E-state index contributed by atoms with van der Waals surface area (Å²) in [5.74, 6) is 14.8. The van der Waals surface area contributed by atoms with Crippen LogP contribution in [0.1, 0.15) is 0 Å². The van der Waals surface area contributed by atoms with E-state index in [0.29, 0.717) is 0 Å². The summed E-state index contributed by atoms with van der Waals surface area (Å²) in [6.45, 7) is 0. The van der Waals surface area contributed by atoms with E-state index < -0.39 is 14.8 Å². The fraction of sp³-hybridized carbons (Fsp3) is 0. The van der Waals surface area contributed by atoms with Gasteiger partial charge < -0.3 is 13.2 Å². The summed E-state index contributed by atoms with van der Waals surface area (Å²) < 4.78 is 7.10. The zero-order valence-corrected chi connectivity index (χ0v) is 4.96. The molecule has 0 fully saturated rings. The van der Waals surface area contributed by atoms with Crippen molar-refractivity contribution in [1.29, 1.82) is 0 Å². The Labute approximate surface area is 46.4 Å². The van der Waals surface area contributed by atoms with Crippen molar-refractivity contribution < 1.29 is 0 Å². The van der Waals surface area contributed by atoms with Crippen LogP contribution in [-0.4, -0.2) is 14.8 Å². The number of nitrogens with two attached hydrogens (primary N) is 3. The lowest BCUT2D eigenvalue weighted by molar-refractivity contribution is 0.853. The number of hydrogen-bond donors (Lipinski definition) is 6. The number of hydrogen-bond acceptors (Lipinski definition) is 6. The minimum absolute atomic E-state index is 1.59. The Kier molecular flexibility index (Phi) is 4.64. The molecular weight excluding hydrogens is 111 g/mol. The van der Waals surface area contributed by atoms with Crippen molar-refractivity contribution in [2.45, 2.75) is 0 Å². The van der Waals surface area contributed by atoms with Crippen LogP contribution in [0.15, 0.2) is 0 Å². The molecule has 0 bridgehead atoms. The van der Waals surface area contributed by atoms with Crippen LogP contribution in [0.2, 0.25) is 0 Å². The van der Waals surface area contributed by atoms with Gasteiger partial charge in [0.1, 0.15) is 0 Å². The molecule has 0 saturated carbocycles. The Morgan fingerprint density at radius 2 is 1.14 bits per heavy atom. The molecule has 0 heterocycles. The average Bonchev–Trinajstić information content (AvgIpc) is 1.72. The van der Waals surface area contributed by atoms with E-state index in [-0.39, 0.29) is 0 Å². The molecule has 0 saturated heterocycles. The molecule has 0 radical (unpaired) electrons. The Bertz CT molecular complexity index is 25.7. The van der Waals surface area contributed by atoms with Gasteiger partial charge in [0.2, 0.25) is 0 Å². The quantitative estimate of drug-likeness (QED) is 0.130. The van der Waals surface area contributed by atoms with Gasteiger partial charge in [-0.3, -0.25) is 17.5 Å². The monoisotopic (exact) mass is 120 g/mol. The van der Waals surface area contributed by atoms with Crippen molar-refractivity contribution in [3.05, 3.63) is 0 Å². The fourth-order valence-electron chi connectivity index (χ4n) is 0.144. The van der Waals surface area contributed by atoms with Gasteiger partial charge in [-0.05, 0) is 0 Å². The topological polar surface area (TPSA) is 114 Å². The maximum absolute atomic E-state index is 4.92. The van der Waals surface area contributed by atoms with Gasteiger partial charge in [0.05, 0.1) is 0 Å². The molecule has 7 heteroatoms. The molecule has 7 heavy (non-hydrogen) atoms. The van der Waals surface area contributed by atoms with E-state index in [4.69, 9.17) is 17.5 Å². The highest BCUT2D eigenvalue weighted by Crippen LogP contribution is 1.40. The molecule has 0 rings (SSSR count). The molecule has 0 aromatic rings. The first-order valence-electron chi connectivity index (χ1n) is 1.73. The molecule has 42 valence electrons. The molecule has 0 aromatic carbocycles. The van der Waals surface area contributed by atoms with Crippen molar-refractivity contribution in [2.24, 2.45) is 17.5 Å². The van der Waals surface area contributed by atoms with E-state index in [1.54, 1.807) is 0 Å². The van der Waals surface area contributed by atoms with Gasteiger partial charge in [-0.1, -0.05) is 0 Å². The lowest BCUT2D eigenvalue weighted by atomic mass is 12.9. The SMILES string of the molecule is N[NH][Al]([NH]N)[NH]N. The predicted octanol–water partition coefficient (Wildman–Crippen LogP) is -3.64. The van der Waals surface area contributed by atoms with Gasteiger partial charge in [-0.15, -0.1) is 0 Å². The zero-order chi connectivity index (χ0) is 5.70. The first-order chi connectivity index (χ1) is 3.35. The van der Waals surface area contributed by atoms with E-state index in [9.17, 15) is 0 Å². The summed E-state index contributed by atoms with van der Waals surface area (Å²) in [5.41, 5.74) is 0. The minimum Gasteiger partial charge on any atom is -0.309 e. The first-order valence-corrected chi connectivity index (χ1v) is 3.46. The molecule has 6 nitrogen and oxygen atoms in total. The number of nitrogens with one attached hydrogen (secondary N) is 3. The summed E-state index contributed by atoms with van der Waals surface area (Å²) >= 11 is -1.59. The minimum atomic E-state index is -1.59. The average molecular weight is 120 g/mol. The number of hydrazine groups is 3. The van der Waals surface area contributed by atoms with Crippen LogP contribution < -0.4 is 30.8 Å². The second kappa shape index (κ2) is 4.45. The Balaban J connectivity index is 2.99. The Hall–Kier alpha value is 0.292. The molecule has 0 spiro atoms. The van der Waals surface area contributed by atoms with Gasteiger partial charge in [0.25, 0.3) is 0 Å². The highest BCUT2D eigenvalue weighted by molar-refractivity contribution is 6.49. The summed E-state index contributed by atoms with van der Waals surface area (Å²) in [6.07, 6.45) is 0. The van der Waals surface area contributed by atoms with Crippen LogP contribution in [0.5, 0.6) is 0 Å². The van der Waals surface area contributed by atoms with E-state index in [1.807, 2.05) is 0 Å². The first kappa shape index (κ1) is 7.29. The standard InChI is InChI=1S/Al.3H3N2/c;3*1-2/h;3*1H,2H2/q+3;3*-1. The van der Waals surface area contributed by atoms with Crippen LogP contribution in [0.25, 0.3) is 0 Å². The van der Waals surface area contributed by atoms with Crippen molar-refractivity contribution in [3.63, 3.8) is 0 Å². The summed E-state index contributed by atoms with van der Waals surface area (Å²) in [6, 6.07) is 0. The fourth-order valence-corrected chi connectivity index (χ4v) is 0.433. The van der Waals surface area contributed by atoms with Crippen molar-refractivity contribution in [1.82, 2.24) is 13.2 Å². The van der Waals surface area contributed by atoms with E-state index in [0.717, 1.165) is 0 Å². The van der Waals surface area contributed by atoms with Crippen LogP contribution in [0.3, 0.4) is 0 Å². The molecule has 0 atom stereocenters. The molecule has 0 aliphatic rings. The Morgan fingerprint density at radius 1 is 0.857 bits per heavy atom. The van der Waals surface area contributed by atoms with Crippen LogP contribution >= 0.6 is 0 Å². The second-order valence-corrected chi connectivity index (χ2v) is 2.80. The maximum atomic E-state index is 4.92.